The summed E-state index contributed by atoms with van der Waals surface area (Å²) < 4.78 is 17.6. The molecule has 0 spiro atoms. The van der Waals surface area contributed by atoms with Crippen molar-refractivity contribution in [1.82, 2.24) is 5.32 Å². The summed E-state index contributed by atoms with van der Waals surface area (Å²) in [5.41, 5.74) is 4.87. The minimum atomic E-state index is -0.487. The molecule has 22 heavy (non-hydrogen) atoms. The second-order valence-electron chi connectivity index (χ2n) is 7.38. The first kappa shape index (κ1) is 17.5. The van der Waals surface area contributed by atoms with Gasteiger partial charge in [-0.05, 0) is 39.5 Å². The molecule has 3 N–H and O–H groups in total. The predicted molar refractivity (Wildman–Crippen MR) is 83.6 cm³/mol. The van der Waals surface area contributed by atoms with Crippen LogP contribution in [0.2, 0.25) is 0 Å². The smallest absolute Gasteiger partial charge is 0.312 e. The van der Waals surface area contributed by atoms with Crippen molar-refractivity contribution in [2.45, 2.75) is 64.4 Å². The Morgan fingerprint density at radius 1 is 1.41 bits per heavy atom. The first-order chi connectivity index (χ1) is 10.3. The number of rotatable bonds is 7. The van der Waals surface area contributed by atoms with Gasteiger partial charge in [-0.2, -0.15) is 0 Å². The fraction of sp³-hybridized carbons (Fsp3) is 0.938. The van der Waals surface area contributed by atoms with Crippen LogP contribution in [0.5, 0.6) is 0 Å². The van der Waals surface area contributed by atoms with Crippen LogP contribution in [0, 0.1) is 11.8 Å². The van der Waals surface area contributed by atoms with Gasteiger partial charge in [0.2, 0.25) is 0 Å². The molecule has 6 heteroatoms. The van der Waals surface area contributed by atoms with Crippen molar-refractivity contribution in [3.8, 4) is 0 Å². The van der Waals surface area contributed by atoms with E-state index in [2.05, 4.69) is 19.2 Å². The Hall–Kier alpha value is -0.850. The maximum absolute atomic E-state index is 11.0. The van der Waals surface area contributed by atoms with E-state index in [-0.39, 0.29) is 23.9 Å². The number of primary amides is 1. The lowest BCUT2D eigenvalue weighted by Crippen LogP contribution is -2.47. The van der Waals surface area contributed by atoms with Crippen LogP contribution < -0.4 is 11.1 Å². The SMILES string of the molecule is CC(CO[C@H](C)[C@@H]1CO[C@@H]2CCO[C@H]12)CC(C)(C)NC(N)=O. The van der Waals surface area contributed by atoms with E-state index in [9.17, 15) is 4.79 Å². The van der Waals surface area contributed by atoms with E-state index in [1.54, 1.807) is 0 Å². The molecule has 128 valence electrons. The Bertz CT molecular complexity index is 388. The van der Waals surface area contributed by atoms with Gasteiger partial charge in [0.15, 0.2) is 0 Å². The molecule has 2 rings (SSSR count). The van der Waals surface area contributed by atoms with E-state index in [0.717, 1.165) is 26.1 Å². The third kappa shape index (κ3) is 4.57. The number of nitrogens with two attached hydrogens (primary N) is 1. The standard InChI is InChI=1S/C16H30N2O4/c1-10(7-16(3,4)18-15(17)19)8-21-11(2)12-9-22-13-5-6-20-14(12)13/h10-14H,5-9H2,1-4H3,(H3,17,18,19)/t10?,11-,12+,13-,14-/m1/s1. The lowest BCUT2D eigenvalue weighted by atomic mass is 9.92. The van der Waals surface area contributed by atoms with Crippen LogP contribution in [0.25, 0.3) is 0 Å². The van der Waals surface area contributed by atoms with Crippen LogP contribution in [0.1, 0.15) is 40.5 Å². The second-order valence-corrected chi connectivity index (χ2v) is 7.38. The summed E-state index contributed by atoms with van der Waals surface area (Å²) in [4.78, 5) is 11.0. The number of ether oxygens (including phenoxy) is 3. The molecule has 2 amide bonds. The molecular formula is C16H30N2O4. The molecule has 5 atom stereocenters. The lowest BCUT2D eigenvalue weighted by molar-refractivity contribution is -0.0357. The van der Waals surface area contributed by atoms with Gasteiger partial charge < -0.3 is 25.3 Å². The topological polar surface area (TPSA) is 82.8 Å². The molecule has 0 aromatic carbocycles. The maximum Gasteiger partial charge on any atom is 0.312 e. The summed E-state index contributed by atoms with van der Waals surface area (Å²) in [5.74, 6) is 0.642. The highest BCUT2D eigenvalue weighted by atomic mass is 16.6. The average Bonchev–Trinajstić information content (AvgIpc) is 2.95. The van der Waals surface area contributed by atoms with Crippen molar-refractivity contribution in [3.05, 3.63) is 0 Å². The van der Waals surface area contributed by atoms with Gasteiger partial charge in [0.1, 0.15) is 0 Å². The van der Waals surface area contributed by atoms with Crippen LogP contribution in [0.3, 0.4) is 0 Å². The second kappa shape index (κ2) is 7.15. The largest absolute Gasteiger partial charge is 0.378 e. The highest BCUT2D eigenvalue weighted by Crippen LogP contribution is 2.33. The predicted octanol–water partition coefficient (Wildman–Crippen LogP) is 1.67. The molecule has 6 nitrogen and oxygen atoms in total. The van der Waals surface area contributed by atoms with E-state index in [0.29, 0.717) is 18.4 Å². The molecule has 0 aromatic heterocycles. The third-order valence-electron chi connectivity index (χ3n) is 4.57. The summed E-state index contributed by atoms with van der Waals surface area (Å²) in [7, 11) is 0. The molecule has 0 bridgehead atoms. The number of urea groups is 1. The van der Waals surface area contributed by atoms with E-state index in [4.69, 9.17) is 19.9 Å². The molecule has 2 aliphatic heterocycles. The zero-order chi connectivity index (χ0) is 16.3. The number of carbonyl (C=O) groups is 1. The van der Waals surface area contributed by atoms with Gasteiger partial charge in [-0.3, -0.25) is 0 Å². The molecule has 0 aliphatic carbocycles. The Morgan fingerprint density at radius 2 is 2.14 bits per heavy atom. The van der Waals surface area contributed by atoms with Crippen molar-refractivity contribution < 1.29 is 19.0 Å². The summed E-state index contributed by atoms with van der Waals surface area (Å²) >= 11 is 0. The molecule has 2 fully saturated rings. The fourth-order valence-corrected chi connectivity index (χ4v) is 3.66. The van der Waals surface area contributed by atoms with Gasteiger partial charge in [-0.25, -0.2) is 4.79 Å². The zero-order valence-corrected chi connectivity index (χ0v) is 14.1. The van der Waals surface area contributed by atoms with E-state index < -0.39 is 6.03 Å². The lowest BCUT2D eigenvalue weighted by Gasteiger charge is -2.30. The van der Waals surface area contributed by atoms with E-state index in [1.165, 1.54) is 0 Å². The van der Waals surface area contributed by atoms with Crippen LogP contribution in [-0.2, 0) is 14.2 Å². The maximum atomic E-state index is 11.0. The Labute approximate surface area is 133 Å². The number of amides is 2. The number of carbonyl (C=O) groups excluding carboxylic acids is 1. The summed E-state index contributed by atoms with van der Waals surface area (Å²) in [6.07, 6.45) is 2.37. The summed E-state index contributed by atoms with van der Waals surface area (Å²) in [6, 6.07) is -0.487. The Morgan fingerprint density at radius 3 is 2.82 bits per heavy atom. The zero-order valence-electron chi connectivity index (χ0n) is 14.1. The normalized spacial score (nSPS) is 30.8. The molecular weight excluding hydrogens is 284 g/mol. The molecule has 2 aliphatic rings. The van der Waals surface area contributed by atoms with Gasteiger partial charge in [-0.1, -0.05) is 6.92 Å². The van der Waals surface area contributed by atoms with E-state index >= 15 is 0 Å². The molecule has 0 saturated carbocycles. The van der Waals surface area contributed by atoms with Gasteiger partial charge in [0.05, 0.1) is 24.9 Å². The quantitative estimate of drug-likeness (QED) is 0.749. The first-order valence-corrected chi connectivity index (χ1v) is 8.21. The van der Waals surface area contributed by atoms with Gasteiger partial charge in [-0.15, -0.1) is 0 Å². The fourth-order valence-electron chi connectivity index (χ4n) is 3.66. The van der Waals surface area contributed by atoms with Crippen LogP contribution in [0.4, 0.5) is 4.79 Å². The Balaban J connectivity index is 1.73. The van der Waals surface area contributed by atoms with Crippen molar-refractivity contribution in [2.75, 3.05) is 19.8 Å². The van der Waals surface area contributed by atoms with E-state index in [1.807, 2.05) is 13.8 Å². The van der Waals surface area contributed by atoms with Gasteiger partial charge >= 0.3 is 6.03 Å². The number of nitrogens with one attached hydrogen (secondary N) is 1. The summed E-state index contributed by atoms with van der Waals surface area (Å²) in [5, 5.41) is 2.77. The van der Waals surface area contributed by atoms with Crippen molar-refractivity contribution in [1.29, 1.82) is 0 Å². The third-order valence-corrected chi connectivity index (χ3v) is 4.57. The van der Waals surface area contributed by atoms with Crippen molar-refractivity contribution in [2.24, 2.45) is 17.6 Å². The molecule has 1 unspecified atom stereocenters. The van der Waals surface area contributed by atoms with Crippen LogP contribution in [-0.4, -0.2) is 49.7 Å². The Kier molecular flexibility index (Phi) is 5.69. The first-order valence-electron chi connectivity index (χ1n) is 8.21. The highest BCUT2D eigenvalue weighted by Gasteiger charge is 2.44. The number of hydrogen-bond donors (Lipinski definition) is 2. The minimum absolute atomic E-state index is 0.114. The number of fused-ring (bicyclic) bond motifs is 1. The van der Waals surface area contributed by atoms with Crippen LogP contribution in [0.15, 0.2) is 0 Å². The molecule has 2 saturated heterocycles. The number of hydrogen-bond acceptors (Lipinski definition) is 4. The monoisotopic (exact) mass is 314 g/mol. The van der Waals surface area contributed by atoms with Crippen molar-refractivity contribution >= 4 is 6.03 Å². The van der Waals surface area contributed by atoms with Crippen LogP contribution >= 0.6 is 0 Å². The van der Waals surface area contributed by atoms with Crippen molar-refractivity contribution in [3.63, 3.8) is 0 Å². The van der Waals surface area contributed by atoms with Gasteiger partial charge in [0.25, 0.3) is 0 Å². The molecule has 2 heterocycles. The average molecular weight is 314 g/mol. The highest BCUT2D eigenvalue weighted by molar-refractivity contribution is 5.72. The minimum Gasteiger partial charge on any atom is -0.378 e. The molecule has 0 aromatic rings. The van der Waals surface area contributed by atoms with Gasteiger partial charge in [0, 0.05) is 24.7 Å². The molecule has 0 radical (unpaired) electrons. The summed E-state index contributed by atoms with van der Waals surface area (Å²) in [6.45, 7) is 10.3.